The molecule has 2 unspecified atom stereocenters. The van der Waals surface area contributed by atoms with E-state index >= 15 is 0 Å². The molecule has 130 valence electrons. The number of hydrogen-bond acceptors (Lipinski definition) is 5. The summed E-state index contributed by atoms with van der Waals surface area (Å²) in [6.07, 6.45) is 5.98. The summed E-state index contributed by atoms with van der Waals surface area (Å²) in [5.41, 5.74) is 5.76. The highest BCUT2D eigenvalue weighted by Crippen LogP contribution is 2.23. The first-order chi connectivity index (χ1) is 10.5. The summed E-state index contributed by atoms with van der Waals surface area (Å²) in [7, 11) is 0. The molecule has 0 bridgehead atoms. The molecule has 0 radical (unpaired) electrons. The van der Waals surface area contributed by atoms with Crippen molar-refractivity contribution in [2.75, 3.05) is 6.54 Å². The molecule has 1 aliphatic carbocycles. The Morgan fingerprint density at radius 2 is 2.22 bits per heavy atom. The minimum absolute atomic E-state index is 0. The molecule has 1 amide bonds. The van der Waals surface area contributed by atoms with E-state index < -0.39 is 4.92 Å². The van der Waals surface area contributed by atoms with Gasteiger partial charge in [0.05, 0.1) is 0 Å². The summed E-state index contributed by atoms with van der Waals surface area (Å²) in [6.45, 7) is 2.67. The van der Waals surface area contributed by atoms with Gasteiger partial charge in [-0.3, -0.25) is 4.79 Å². The fourth-order valence-corrected chi connectivity index (χ4v) is 2.99. The SMILES string of the molecule is Cc1nc([N+](=O)[O-])cn1CCC(=O)NC1CCCCC1CN.Cl. The molecule has 1 aromatic heterocycles. The summed E-state index contributed by atoms with van der Waals surface area (Å²) < 4.78 is 1.64. The number of amides is 1. The lowest BCUT2D eigenvalue weighted by Gasteiger charge is -2.31. The van der Waals surface area contributed by atoms with Crippen molar-refractivity contribution in [3.05, 3.63) is 22.1 Å². The first-order valence-corrected chi connectivity index (χ1v) is 7.69. The molecule has 1 aromatic rings. The summed E-state index contributed by atoms with van der Waals surface area (Å²) in [6, 6.07) is 0.157. The average Bonchev–Trinajstić information content (AvgIpc) is 2.87. The number of halogens is 1. The Morgan fingerprint density at radius 1 is 1.52 bits per heavy atom. The molecular formula is C14H24ClN5O3. The highest BCUT2D eigenvalue weighted by Gasteiger charge is 2.25. The van der Waals surface area contributed by atoms with Gasteiger partial charge in [0, 0.05) is 25.9 Å². The zero-order chi connectivity index (χ0) is 16.1. The molecule has 8 nitrogen and oxygen atoms in total. The predicted molar refractivity (Wildman–Crippen MR) is 88.4 cm³/mol. The van der Waals surface area contributed by atoms with Crippen LogP contribution in [0.2, 0.25) is 0 Å². The third-order valence-corrected chi connectivity index (χ3v) is 4.29. The van der Waals surface area contributed by atoms with Crippen LogP contribution in [0.25, 0.3) is 0 Å². The van der Waals surface area contributed by atoms with Crippen LogP contribution in [0.5, 0.6) is 0 Å². The first kappa shape index (κ1) is 19.4. The molecule has 0 aliphatic heterocycles. The zero-order valence-corrected chi connectivity index (χ0v) is 14.1. The average molecular weight is 346 g/mol. The zero-order valence-electron chi connectivity index (χ0n) is 13.2. The second-order valence-electron chi connectivity index (χ2n) is 5.80. The molecule has 3 N–H and O–H groups in total. The molecule has 1 aliphatic rings. The Hall–Kier alpha value is -1.67. The van der Waals surface area contributed by atoms with Gasteiger partial charge in [0.1, 0.15) is 6.20 Å². The number of nitro groups is 1. The molecule has 1 saturated carbocycles. The van der Waals surface area contributed by atoms with E-state index in [0.29, 0.717) is 24.8 Å². The molecule has 23 heavy (non-hydrogen) atoms. The first-order valence-electron chi connectivity index (χ1n) is 7.69. The maximum absolute atomic E-state index is 12.1. The Kier molecular flexibility index (Phi) is 7.44. The van der Waals surface area contributed by atoms with Crippen LogP contribution in [0.1, 0.15) is 37.9 Å². The molecule has 2 rings (SSSR count). The van der Waals surface area contributed by atoms with Crippen LogP contribution >= 0.6 is 12.4 Å². The van der Waals surface area contributed by atoms with Gasteiger partial charge in [-0.15, -0.1) is 12.4 Å². The minimum atomic E-state index is -0.530. The van der Waals surface area contributed by atoms with E-state index in [1.807, 2.05) is 0 Å². The summed E-state index contributed by atoms with van der Waals surface area (Å²) >= 11 is 0. The van der Waals surface area contributed by atoms with Crippen molar-refractivity contribution in [2.24, 2.45) is 11.7 Å². The quantitative estimate of drug-likeness (QED) is 0.599. The van der Waals surface area contributed by atoms with Crippen molar-refractivity contribution < 1.29 is 9.72 Å². The Balaban J connectivity index is 0.00000264. The lowest BCUT2D eigenvalue weighted by atomic mass is 9.84. The third kappa shape index (κ3) is 5.18. The van der Waals surface area contributed by atoms with Gasteiger partial charge in [0.25, 0.3) is 0 Å². The highest BCUT2D eigenvalue weighted by molar-refractivity contribution is 5.85. The number of carbonyl (C=O) groups excluding carboxylic acids is 1. The van der Waals surface area contributed by atoms with Crippen LogP contribution in [0.4, 0.5) is 5.82 Å². The van der Waals surface area contributed by atoms with Crippen molar-refractivity contribution in [1.29, 1.82) is 0 Å². The molecule has 1 heterocycles. The van der Waals surface area contributed by atoms with Gasteiger partial charge in [-0.25, -0.2) is 0 Å². The predicted octanol–water partition coefficient (Wildman–Crippen LogP) is 1.55. The van der Waals surface area contributed by atoms with Crippen LogP contribution in [-0.2, 0) is 11.3 Å². The molecular weight excluding hydrogens is 322 g/mol. The van der Waals surface area contributed by atoms with Gasteiger partial charge in [-0.05, 0) is 35.2 Å². The van der Waals surface area contributed by atoms with E-state index in [1.54, 1.807) is 11.5 Å². The maximum Gasteiger partial charge on any atom is 0.381 e. The minimum Gasteiger partial charge on any atom is -0.358 e. The Labute approximate surface area is 141 Å². The van der Waals surface area contributed by atoms with Crippen molar-refractivity contribution in [3.8, 4) is 0 Å². The number of carbonyl (C=O) groups is 1. The topological polar surface area (TPSA) is 116 Å². The van der Waals surface area contributed by atoms with E-state index in [2.05, 4.69) is 10.3 Å². The molecule has 0 spiro atoms. The van der Waals surface area contributed by atoms with Crippen molar-refractivity contribution in [2.45, 2.75) is 51.6 Å². The number of rotatable bonds is 6. The third-order valence-electron chi connectivity index (χ3n) is 4.29. The van der Waals surface area contributed by atoms with E-state index in [4.69, 9.17) is 5.73 Å². The number of aryl methyl sites for hydroxylation is 2. The standard InChI is InChI=1S/C14H23N5O3.ClH/c1-10-16-13(19(21)22)9-18(10)7-6-14(20)17-12-5-3-2-4-11(12)8-15;/h9,11-12H,2-8,15H2,1H3,(H,17,20);1H. The van der Waals surface area contributed by atoms with E-state index in [0.717, 1.165) is 19.3 Å². The lowest BCUT2D eigenvalue weighted by Crippen LogP contribution is -2.44. The lowest BCUT2D eigenvalue weighted by molar-refractivity contribution is -0.389. The van der Waals surface area contributed by atoms with Crippen molar-refractivity contribution >= 4 is 24.1 Å². The fraction of sp³-hybridized carbons (Fsp3) is 0.714. The van der Waals surface area contributed by atoms with Gasteiger partial charge < -0.3 is 25.7 Å². The molecule has 0 saturated heterocycles. The van der Waals surface area contributed by atoms with Crippen LogP contribution in [0.15, 0.2) is 6.20 Å². The second-order valence-corrected chi connectivity index (χ2v) is 5.80. The molecule has 1 fully saturated rings. The summed E-state index contributed by atoms with van der Waals surface area (Å²) in [5.74, 6) is 0.667. The Bertz CT molecular complexity index is 549. The van der Waals surface area contributed by atoms with Crippen LogP contribution in [-0.4, -0.2) is 33.0 Å². The molecule has 9 heteroatoms. The molecule has 0 aromatic carbocycles. The number of nitrogens with zero attached hydrogens (tertiary/aromatic N) is 3. The van der Waals surface area contributed by atoms with Gasteiger partial charge in [-0.1, -0.05) is 12.8 Å². The Morgan fingerprint density at radius 3 is 2.83 bits per heavy atom. The van der Waals surface area contributed by atoms with Gasteiger partial charge in [-0.2, -0.15) is 0 Å². The summed E-state index contributed by atoms with van der Waals surface area (Å²) in [5, 5.41) is 13.7. The normalized spacial score (nSPS) is 20.6. The number of aromatic nitrogens is 2. The second kappa shape index (κ2) is 8.83. The van der Waals surface area contributed by atoms with Crippen molar-refractivity contribution in [3.63, 3.8) is 0 Å². The number of imidazole rings is 1. The van der Waals surface area contributed by atoms with Gasteiger partial charge in [0.15, 0.2) is 0 Å². The van der Waals surface area contributed by atoms with E-state index in [1.165, 1.54) is 12.6 Å². The molecule has 2 atom stereocenters. The van der Waals surface area contributed by atoms with E-state index in [9.17, 15) is 14.9 Å². The van der Waals surface area contributed by atoms with Gasteiger partial charge in [0.2, 0.25) is 11.7 Å². The fourth-order valence-electron chi connectivity index (χ4n) is 2.99. The monoisotopic (exact) mass is 345 g/mol. The number of nitrogens with two attached hydrogens (primary N) is 1. The van der Waals surface area contributed by atoms with E-state index in [-0.39, 0.29) is 36.6 Å². The highest BCUT2D eigenvalue weighted by atomic mass is 35.5. The van der Waals surface area contributed by atoms with Gasteiger partial charge >= 0.3 is 5.82 Å². The number of nitrogens with one attached hydrogen (secondary N) is 1. The number of hydrogen-bond donors (Lipinski definition) is 2. The van der Waals surface area contributed by atoms with Crippen LogP contribution in [0.3, 0.4) is 0 Å². The smallest absolute Gasteiger partial charge is 0.358 e. The maximum atomic E-state index is 12.1. The van der Waals surface area contributed by atoms with Crippen molar-refractivity contribution in [1.82, 2.24) is 14.9 Å². The summed E-state index contributed by atoms with van der Waals surface area (Å²) in [4.78, 5) is 26.1. The largest absolute Gasteiger partial charge is 0.381 e. The van der Waals surface area contributed by atoms with Crippen LogP contribution < -0.4 is 11.1 Å². The van der Waals surface area contributed by atoms with Crippen LogP contribution in [0, 0.1) is 23.0 Å².